The zero-order valence-corrected chi connectivity index (χ0v) is 11.2. The summed E-state index contributed by atoms with van der Waals surface area (Å²) in [6, 6.07) is 10.8. The van der Waals surface area contributed by atoms with Crippen LogP contribution in [-0.2, 0) is 0 Å². The quantitative estimate of drug-likeness (QED) is 0.778. The lowest BCUT2D eigenvalue weighted by atomic mass is 9.86. The van der Waals surface area contributed by atoms with E-state index in [1.165, 1.54) is 43.5 Å². The first kappa shape index (κ1) is 11.6. The number of para-hydroxylation sites is 1. The first-order chi connectivity index (χ1) is 8.84. The Morgan fingerprint density at radius 2 is 1.72 bits per heavy atom. The van der Waals surface area contributed by atoms with Crippen LogP contribution in [0.5, 0.6) is 0 Å². The van der Waals surface area contributed by atoms with Gasteiger partial charge >= 0.3 is 0 Å². The summed E-state index contributed by atoms with van der Waals surface area (Å²) in [6.45, 7) is 0.996. The van der Waals surface area contributed by atoms with Gasteiger partial charge in [-0.25, -0.2) is 0 Å². The molecule has 1 aliphatic carbocycles. The standard InChI is InChI=1S/C16H22N2/c1-17-12-16(14-8-4-2-5-9-14)18(13-17)15-10-6-3-7-11-15/h3,6-7,10-12,14H,2,4-5,8-9,13H2,1H3. The van der Waals surface area contributed by atoms with Gasteiger partial charge in [0.25, 0.3) is 0 Å². The molecule has 3 rings (SSSR count). The van der Waals surface area contributed by atoms with Crippen LogP contribution in [0.25, 0.3) is 0 Å². The lowest BCUT2D eigenvalue weighted by Gasteiger charge is -2.30. The molecule has 1 fully saturated rings. The molecule has 0 unspecified atom stereocenters. The van der Waals surface area contributed by atoms with Crippen LogP contribution < -0.4 is 4.90 Å². The van der Waals surface area contributed by atoms with Gasteiger partial charge in [-0.2, -0.15) is 0 Å². The average Bonchev–Trinajstić information content (AvgIpc) is 2.83. The van der Waals surface area contributed by atoms with Gasteiger partial charge in [-0.3, -0.25) is 0 Å². The molecular formula is C16H22N2. The van der Waals surface area contributed by atoms with E-state index in [2.05, 4.69) is 53.4 Å². The van der Waals surface area contributed by atoms with Crippen molar-refractivity contribution in [1.82, 2.24) is 4.90 Å². The first-order valence-corrected chi connectivity index (χ1v) is 7.09. The zero-order chi connectivity index (χ0) is 12.4. The number of hydrogen-bond acceptors (Lipinski definition) is 2. The second kappa shape index (κ2) is 5.05. The molecule has 2 aliphatic rings. The summed E-state index contributed by atoms with van der Waals surface area (Å²) in [6.07, 6.45) is 9.29. The normalized spacial score (nSPS) is 21.3. The SMILES string of the molecule is CN1C=C(C2CCCCC2)N(c2ccccc2)C1. The number of rotatable bonds is 2. The molecule has 1 saturated carbocycles. The van der Waals surface area contributed by atoms with Crippen molar-refractivity contribution < 1.29 is 0 Å². The van der Waals surface area contributed by atoms with Gasteiger partial charge < -0.3 is 9.80 Å². The van der Waals surface area contributed by atoms with Gasteiger partial charge in [0.15, 0.2) is 0 Å². The molecular weight excluding hydrogens is 220 g/mol. The van der Waals surface area contributed by atoms with Crippen molar-refractivity contribution in [2.24, 2.45) is 5.92 Å². The number of nitrogens with zero attached hydrogens (tertiary/aromatic N) is 2. The summed E-state index contributed by atoms with van der Waals surface area (Å²) in [5.41, 5.74) is 2.86. The van der Waals surface area contributed by atoms with Crippen LogP contribution >= 0.6 is 0 Å². The second-order valence-corrected chi connectivity index (χ2v) is 5.55. The molecule has 0 amide bonds. The Labute approximate surface area is 110 Å². The third kappa shape index (κ3) is 2.24. The van der Waals surface area contributed by atoms with Crippen molar-refractivity contribution in [1.29, 1.82) is 0 Å². The maximum absolute atomic E-state index is 2.48. The van der Waals surface area contributed by atoms with Gasteiger partial charge in [0.2, 0.25) is 0 Å². The van der Waals surface area contributed by atoms with E-state index in [0.29, 0.717) is 0 Å². The minimum Gasteiger partial charge on any atom is -0.361 e. The summed E-state index contributed by atoms with van der Waals surface area (Å²) >= 11 is 0. The van der Waals surface area contributed by atoms with Gasteiger partial charge in [-0.05, 0) is 25.0 Å². The highest BCUT2D eigenvalue weighted by molar-refractivity contribution is 5.53. The Hall–Kier alpha value is -1.44. The monoisotopic (exact) mass is 242 g/mol. The highest BCUT2D eigenvalue weighted by Crippen LogP contribution is 2.36. The molecule has 1 aromatic rings. The summed E-state index contributed by atoms with van der Waals surface area (Å²) in [7, 11) is 2.17. The van der Waals surface area contributed by atoms with Crippen molar-refractivity contribution in [2.45, 2.75) is 32.1 Å². The maximum Gasteiger partial charge on any atom is 0.0941 e. The Balaban J connectivity index is 1.84. The summed E-state index contributed by atoms with van der Waals surface area (Å²) in [5, 5.41) is 0. The third-order valence-electron chi connectivity index (χ3n) is 4.12. The minimum atomic E-state index is 0.768. The van der Waals surface area contributed by atoms with Crippen molar-refractivity contribution in [3.63, 3.8) is 0 Å². The Morgan fingerprint density at radius 3 is 2.44 bits per heavy atom. The lowest BCUT2D eigenvalue weighted by molar-refractivity contribution is 0.398. The molecule has 96 valence electrons. The Morgan fingerprint density at radius 1 is 1.00 bits per heavy atom. The molecule has 2 heteroatoms. The lowest BCUT2D eigenvalue weighted by Crippen LogP contribution is -2.28. The number of allylic oxidation sites excluding steroid dienone is 1. The predicted octanol–water partition coefficient (Wildman–Crippen LogP) is 3.82. The summed E-state index contributed by atoms with van der Waals surface area (Å²) < 4.78 is 0. The van der Waals surface area contributed by atoms with Gasteiger partial charge in [-0.1, -0.05) is 37.5 Å². The van der Waals surface area contributed by atoms with Crippen molar-refractivity contribution in [2.75, 3.05) is 18.6 Å². The molecule has 0 radical (unpaired) electrons. The van der Waals surface area contributed by atoms with Crippen LogP contribution in [0.3, 0.4) is 0 Å². The highest BCUT2D eigenvalue weighted by atomic mass is 15.3. The molecule has 0 aromatic heterocycles. The number of hydrogen-bond donors (Lipinski definition) is 0. The number of anilines is 1. The summed E-state index contributed by atoms with van der Waals surface area (Å²) in [5.74, 6) is 0.768. The van der Waals surface area contributed by atoms with Crippen LogP contribution in [0, 0.1) is 5.92 Å². The molecule has 0 bridgehead atoms. The molecule has 18 heavy (non-hydrogen) atoms. The largest absolute Gasteiger partial charge is 0.361 e. The van der Waals surface area contributed by atoms with Crippen LogP contribution in [0.2, 0.25) is 0 Å². The molecule has 0 saturated heterocycles. The van der Waals surface area contributed by atoms with E-state index in [1.807, 2.05) is 0 Å². The Bertz CT molecular complexity index is 418. The second-order valence-electron chi connectivity index (χ2n) is 5.55. The van der Waals surface area contributed by atoms with E-state index in [-0.39, 0.29) is 0 Å². The topological polar surface area (TPSA) is 6.48 Å². The van der Waals surface area contributed by atoms with E-state index < -0.39 is 0 Å². The van der Waals surface area contributed by atoms with E-state index in [0.717, 1.165) is 12.6 Å². The van der Waals surface area contributed by atoms with E-state index in [1.54, 1.807) is 0 Å². The fraction of sp³-hybridized carbons (Fsp3) is 0.500. The fourth-order valence-corrected chi connectivity index (χ4v) is 3.20. The Kier molecular flexibility index (Phi) is 3.26. The highest BCUT2D eigenvalue weighted by Gasteiger charge is 2.27. The van der Waals surface area contributed by atoms with Crippen molar-refractivity contribution in [3.05, 3.63) is 42.2 Å². The van der Waals surface area contributed by atoms with Gasteiger partial charge in [0.1, 0.15) is 0 Å². The van der Waals surface area contributed by atoms with Gasteiger partial charge in [0.05, 0.1) is 6.67 Å². The van der Waals surface area contributed by atoms with Gasteiger partial charge in [-0.15, -0.1) is 0 Å². The minimum absolute atomic E-state index is 0.768. The predicted molar refractivity (Wildman–Crippen MR) is 76.2 cm³/mol. The van der Waals surface area contributed by atoms with E-state index in [4.69, 9.17) is 0 Å². The molecule has 0 spiro atoms. The van der Waals surface area contributed by atoms with Crippen molar-refractivity contribution >= 4 is 5.69 Å². The number of benzene rings is 1. The first-order valence-electron chi connectivity index (χ1n) is 7.09. The van der Waals surface area contributed by atoms with Gasteiger partial charge in [0, 0.05) is 30.5 Å². The van der Waals surface area contributed by atoms with Crippen LogP contribution in [0.4, 0.5) is 5.69 Å². The molecule has 1 aliphatic heterocycles. The molecule has 1 heterocycles. The smallest absolute Gasteiger partial charge is 0.0941 e. The van der Waals surface area contributed by atoms with Crippen molar-refractivity contribution in [3.8, 4) is 0 Å². The fourth-order valence-electron chi connectivity index (χ4n) is 3.20. The molecule has 0 N–H and O–H groups in total. The zero-order valence-electron chi connectivity index (χ0n) is 11.2. The van der Waals surface area contributed by atoms with Crippen LogP contribution in [-0.4, -0.2) is 18.6 Å². The molecule has 0 atom stereocenters. The van der Waals surface area contributed by atoms with E-state index in [9.17, 15) is 0 Å². The molecule has 1 aromatic carbocycles. The van der Waals surface area contributed by atoms with Crippen LogP contribution in [0.15, 0.2) is 42.2 Å². The van der Waals surface area contributed by atoms with Crippen LogP contribution in [0.1, 0.15) is 32.1 Å². The summed E-state index contributed by atoms with van der Waals surface area (Å²) in [4.78, 5) is 4.78. The average molecular weight is 242 g/mol. The maximum atomic E-state index is 2.48. The molecule has 2 nitrogen and oxygen atoms in total. The third-order valence-corrected chi connectivity index (χ3v) is 4.12. The van der Waals surface area contributed by atoms with E-state index >= 15 is 0 Å².